The number of aliphatic hydroxyl groups excluding tert-OH is 2. The van der Waals surface area contributed by atoms with E-state index in [0.717, 1.165) is 21.7 Å². The summed E-state index contributed by atoms with van der Waals surface area (Å²) in [4.78, 5) is 26.4. The molecule has 2 aliphatic carbocycles. The first-order valence-electron chi connectivity index (χ1n) is 12.9. The van der Waals surface area contributed by atoms with Crippen LogP contribution in [0, 0.1) is 23.2 Å². The summed E-state index contributed by atoms with van der Waals surface area (Å²) in [6, 6.07) is 17.9. The predicted molar refractivity (Wildman–Crippen MR) is 148 cm³/mol. The standard InChI is InChI=1S/C30H26N6O3/c1-31-27-23-28(36(15-33-23)24-21-14-30(21,29(39)32-2)26(38)25(24)37)35-22(34-27)12-11-17-13-16-7-3-4-8-18(16)20-10-6-5-9-19(17)20/h3-10,13,15,21,24-26,37-38H,14H2,1-2H3,(H,32,39)(H,31,34,35)/t21?,24-,25?,26+,30-/m1/s1. The highest BCUT2D eigenvalue weighted by Gasteiger charge is 2.75. The van der Waals surface area contributed by atoms with Crippen LogP contribution in [0.2, 0.25) is 0 Å². The highest BCUT2D eigenvalue weighted by Crippen LogP contribution is 2.67. The molecule has 7 rings (SSSR count). The zero-order valence-electron chi connectivity index (χ0n) is 21.4. The molecule has 5 atom stereocenters. The van der Waals surface area contributed by atoms with Gasteiger partial charge in [-0.1, -0.05) is 54.5 Å². The number of fused-ring (bicyclic) bond motifs is 5. The fourth-order valence-electron chi connectivity index (χ4n) is 6.43. The van der Waals surface area contributed by atoms with Crippen LogP contribution in [0.25, 0.3) is 32.7 Å². The van der Waals surface area contributed by atoms with Crippen molar-refractivity contribution in [1.29, 1.82) is 0 Å². The molecule has 0 radical (unpaired) electrons. The Morgan fingerprint density at radius 2 is 1.77 bits per heavy atom. The van der Waals surface area contributed by atoms with Crippen molar-refractivity contribution in [2.45, 2.75) is 24.7 Å². The van der Waals surface area contributed by atoms with Crippen LogP contribution in [0.15, 0.2) is 60.9 Å². The summed E-state index contributed by atoms with van der Waals surface area (Å²) >= 11 is 0. The van der Waals surface area contributed by atoms with E-state index in [0.29, 0.717) is 29.2 Å². The Labute approximate surface area is 223 Å². The molecule has 2 aliphatic rings. The molecule has 2 aromatic heterocycles. The minimum atomic E-state index is -1.17. The van der Waals surface area contributed by atoms with Gasteiger partial charge in [0.2, 0.25) is 11.7 Å². The number of anilines is 1. The molecule has 3 aromatic carbocycles. The van der Waals surface area contributed by atoms with Gasteiger partial charge >= 0.3 is 0 Å². The van der Waals surface area contributed by atoms with E-state index in [1.807, 2.05) is 24.3 Å². The number of hydrogen-bond donors (Lipinski definition) is 4. The Kier molecular flexibility index (Phi) is 5.14. The van der Waals surface area contributed by atoms with E-state index in [1.54, 1.807) is 25.0 Å². The Morgan fingerprint density at radius 3 is 2.54 bits per heavy atom. The van der Waals surface area contributed by atoms with Crippen LogP contribution in [0.4, 0.5) is 5.82 Å². The molecule has 194 valence electrons. The van der Waals surface area contributed by atoms with Crippen molar-refractivity contribution in [3.63, 3.8) is 0 Å². The molecule has 0 aliphatic heterocycles. The quantitative estimate of drug-likeness (QED) is 0.214. The summed E-state index contributed by atoms with van der Waals surface area (Å²) in [6.07, 6.45) is -0.227. The van der Waals surface area contributed by atoms with Crippen molar-refractivity contribution in [2.24, 2.45) is 11.3 Å². The van der Waals surface area contributed by atoms with E-state index < -0.39 is 23.7 Å². The van der Waals surface area contributed by atoms with Crippen molar-refractivity contribution in [1.82, 2.24) is 24.8 Å². The summed E-state index contributed by atoms with van der Waals surface area (Å²) in [5.74, 6) is 6.74. The molecule has 2 unspecified atom stereocenters. The van der Waals surface area contributed by atoms with Gasteiger partial charge in [-0.2, -0.15) is 0 Å². The van der Waals surface area contributed by atoms with Gasteiger partial charge in [0.1, 0.15) is 6.10 Å². The smallest absolute Gasteiger partial charge is 0.229 e. The Morgan fingerprint density at radius 1 is 1.03 bits per heavy atom. The van der Waals surface area contributed by atoms with Crippen LogP contribution in [-0.2, 0) is 4.79 Å². The van der Waals surface area contributed by atoms with E-state index in [1.165, 1.54) is 5.39 Å². The van der Waals surface area contributed by atoms with Crippen LogP contribution >= 0.6 is 0 Å². The Hall–Kier alpha value is -4.52. The lowest BCUT2D eigenvalue weighted by Crippen LogP contribution is -2.41. The first-order valence-corrected chi connectivity index (χ1v) is 12.9. The van der Waals surface area contributed by atoms with Crippen molar-refractivity contribution in [2.75, 3.05) is 19.4 Å². The zero-order chi connectivity index (χ0) is 26.9. The Balaban J connectivity index is 1.34. The molecule has 0 spiro atoms. The van der Waals surface area contributed by atoms with Crippen molar-refractivity contribution < 1.29 is 15.0 Å². The minimum Gasteiger partial charge on any atom is -0.389 e. The molecule has 2 heterocycles. The van der Waals surface area contributed by atoms with Gasteiger partial charge in [0.15, 0.2) is 17.0 Å². The highest BCUT2D eigenvalue weighted by molar-refractivity contribution is 6.09. The van der Waals surface area contributed by atoms with Crippen LogP contribution < -0.4 is 10.6 Å². The summed E-state index contributed by atoms with van der Waals surface area (Å²) in [5, 5.41) is 31.9. The predicted octanol–water partition coefficient (Wildman–Crippen LogP) is 2.60. The third kappa shape index (κ3) is 3.29. The van der Waals surface area contributed by atoms with Crippen LogP contribution in [0.1, 0.15) is 23.9 Å². The zero-order valence-corrected chi connectivity index (χ0v) is 21.4. The minimum absolute atomic E-state index is 0.230. The normalized spacial score (nSPS) is 25.3. The third-order valence-corrected chi connectivity index (χ3v) is 8.38. The number of rotatable bonds is 3. The van der Waals surface area contributed by atoms with Gasteiger partial charge in [0.05, 0.1) is 23.9 Å². The number of aromatic nitrogens is 4. The third-order valence-electron chi connectivity index (χ3n) is 8.38. The second-order valence-electron chi connectivity index (χ2n) is 10.3. The van der Waals surface area contributed by atoms with Gasteiger partial charge in [-0.3, -0.25) is 4.79 Å². The molecule has 4 N–H and O–H groups in total. The number of carbonyl (C=O) groups excluding carboxylic acids is 1. The van der Waals surface area contributed by atoms with E-state index in [-0.39, 0.29) is 11.8 Å². The van der Waals surface area contributed by atoms with E-state index in [9.17, 15) is 15.0 Å². The average Bonchev–Trinajstić information content (AvgIpc) is 3.51. The maximum Gasteiger partial charge on any atom is 0.229 e. The lowest BCUT2D eigenvalue weighted by atomic mass is 9.97. The average molecular weight is 519 g/mol. The first-order chi connectivity index (χ1) is 19.0. The van der Waals surface area contributed by atoms with Gasteiger partial charge in [-0.15, -0.1) is 0 Å². The fraction of sp³-hybridized carbons (Fsp3) is 0.267. The van der Waals surface area contributed by atoms with E-state index in [2.05, 4.69) is 62.8 Å². The summed E-state index contributed by atoms with van der Waals surface area (Å²) in [7, 11) is 3.29. The highest BCUT2D eigenvalue weighted by atomic mass is 16.3. The second-order valence-corrected chi connectivity index (χ2v) is 10.3. The monoisotopic (exact) mass is 518 g/mol. The van der Waals surface area contributed by atoms with Gasteiger partial charge in [0.25, 0.3) is 0 Å². The largest absolute Gasteiger partial charge is 0.389 e. The molecule has 0 bridgehead atoms. The number of aliphatic hydroxyl groups is 2. The van der Waals surface area contributed by atoms with E-state index in [4.69, 9.17) is 4.98 Å². The number of hydrogen-bond acceptors (Lipinski definition) is 7. The molecule has 1 amide bonds. The topological polar surface area (TPSA) is 125 Å². The lowest BCUT2D eigenvalue weighted by Gasteiger charge is -2.23. The second kappa shape index (κ2) is 8.50. The number of benzene rings is 3. The molecule has 5 aromatic rings. The number of carbonyl (C=O) groups is 1. The molecule has 2 fully saturated rings. The molecular formula is C30H26N6O3. The number of imidazole rings is 1. The van der Waals surface area contributed by atoms with Crippen molar-refractivity contribution in [3.05, 3.63) is 72.3 Å². The molecule has 39 heavy (non-hydrogen) atoms. The summed E-state index contributed by atoms with van der Waals surface area (Å²) in [6.45, 7) is 0. The molecule has 2 saturated carbocycles. The van der Waals surface area contributed by atoms with Gasteiger partial charge in [0, 0.05) is 25.6 Å². The van der Waals surface area contributed by atoms with Crippen LogP contribution in [0.5, 0.6) is 0 Å². The summed E-state index contributed by atoms with van der Waals surface area (Å²) in [5.41, 5.74) is 0.890. The SMILES string of the molecule is CNC(=O)[C@]12CC1[C@@H](n1cnc3c(NC)nc(C#Cc4cc5ccccc5c5ccccc45)nc31)C(O)[C@@H]2O. The van der Waals surface area contributed by atoms with Crippen LogP contribution in [0.3, 0.4) is 0 Å². The molecule has 9 nitrogen and oxygen atoms in total. The number of nitrogens with zero attached hydrogens (tertiary/aromatic N) is 4. The fourth-order valence-corrected chi connectivity index (χ4v) is 6.43. The van der Waals surface area contributed by atoms with E-state index >= 15 is 0 Å². The Bertz CT molecular complexity index is 1870. The molecular weight excluding hydrogens is 492 g/mol. The molecule has 9 heteroatoms. The van der Waals surface area contributed by atoms with Crippen LogP contribution in [-0.4, -0.2) is 61.9 Å². The van der Waals surface area contributed by atoms with Gasteiger partial charge in [-0.05, 0) is 40.0 Å². The first kappa shape index (κ1) is 23.6. The number of nitrogens with one attached hydrogen (secondary N) is 2. The number of amides is 1. The van der Waals surface area contributed by atoms with Crippen molar-refractivity contribution in [3.8, 4) is 11.8 Å². The molecule has 0 saturated heterocycles. The van der Waals surface area contributed by atoms with Gasteiger partial charge < -0.3 is 25.4 Å². The maximum atomic E-state index is 12.6. The van der Waals surface area contributed by atoms with Crippen molar-refractivity contribution >= 4 is 44.4 Å². The lowest BCUT2D eigenvalue weighted by molar-refractivity contribution is -0.132. The summed E-state index contributed by atoms with van der Waals surface area (Å²) < 4.78 is 1.75. The maximum absolute atomic E-state index is 12.6. The van der Waals surface area contributed by atoms with Gasteiger partial charge in [-0.25, -0.2) is 15.0 Å².